The van der Waals surface area contributed by atoms with E-state index in [1.54, 1.807) is 0 Å². The van der Waals surface area contributed by atoms with Crippen LogP contribution in [0.4, 0.5) is 5.95 Å². The Bertz CT molecular complexity index is 721. The van der Waals surface area contributed by atoms with Gasteiger partial charge in [-0.2, -0.15) is 0 Å². The van der Waals surface area contributed by atoms with Crippen LogP contribution in [0, 0.1) is 0 Å². The van der Waals surface area contributed by atoms with Gasteiger partial charge in [0, 0.05) is 51.3 Å². The first kappa shape index (κ1) is 15.5. The second kappa shape index (κ2) is 6.11. The van der Waals surface area contributed by atoms with Gasteiger partial charge in [0.05, 0.1) is 24.3 Å². The van der Waals surface area contributed by atoms with E-state index in [1.807, 2.05) is 43.7 Å². The fourth-order valence-corrected chi connectivity index (χ4v) is 3.76. The molecule has 4 heterocycles. The third kappa shape index (κ3) is 2.76. The average molecular weight is 325 g/mol. The summed E-state index contributed by atoms with van der Waals surface area (Å²) in [5.41, 5.74) is 3.56. The summed E-state index contributed by atoms with van der Waals surface area (Å²) in [6.07, 6.45) is 6.77. The summed E-state index contributed by atoms with van der Waals surface area (Å²) in [5.74, 6) is 0.778. The minimum absolute atomic E-state index is 0.0104. The molecule has 2 aromatic heterocycles. The van der Waals surface area contributed by atoms with E-state index in [-0.39, 0.29) is 5.41 Å². The van der Waals surface area contributed by atoms with Crippen LogP contribution in [0.3, 0.4) is 0 Å². The van der Waals surface area contributed by atoms with Crippen LogP contribution in [-0.2, 0) is 23.3 Å². The predicted molar refractivity (Wildman–Crippen MR) is 91.8 cm³/mol. The molecule has 0 aliphatic carbocycles. The summed E-state index contributed by atoms with van der Waals surface area (Å²) in [6.45, 7) is 4.31. The Morgan fingerprint density at radius 1 is 1.33 bits per heavy atom. The fourth-order valence-electron chi connectivity index (χ4n) is 3.76. The molecule has 2 aliphatic rings. The Labute approximate surface area is 142 Å². The number of likely N-dealkylation sites (tertiary alicyclic amines) is 1. The van der Waals surface area contributed by atoms with Crippen molar-refractivity contribution < 1.29 is 4.74 Å². The van der Waals surface area contributed by atoms with Crippen molar-refractivity contribution in [2.45, 2.75) is 25.0 Å². The van der Waals surface area contributed by atoms with Gasteiger partial charge < -0.3 is 9.64 Å². The lowest BCUT2D eigenvalue weighted by molar-refractivity contribution is 0.0503. The zero-order chi connectivity index (χ0) is 16.6. The van der Waals surface area contributed by atoms with Gasteiger partial charge in [0.25, 0.3) is 0 Å². The molecule has 0 N–H and O–H groups in total. The molecule has 6 nitrogen and oxygen atoms in total. The number of rotatable bonds is 3. The molecule has 126 valence electrons. The van der Waals surface area contributed by atoms with E-state index in [1.165, 1.54) is 11.3 Å². The zero-order valence-corrected chi connectivity index (χ0v) is 14.3. The third-order valence-corrected chi connectivity index (χ3v) is 4.95. The Morgan fingerprint density at radius 2 is 2.25 bits per heavy atom. The molecule has 0 amide bonds. The van der Waals surface area contributed by atoms with Crippen LogP contribution in [0.25, 0.3) is 0 Å². The van der Waals surface area contributed by atoms with E-state index in [2.05, 4.69) is 20.9 Å². The maximum Gasteiger partial charge on any atom is 0.225 e. The van der Waals surface area contributed by atoms with Crippen molar-refractivity contribution in [3.63, 3.8) is 0 Å². The molecule has 2 aliphatic heterocycles. The number of fused-ring (bicyclic) bond motifs is 2. The van der Waals surface area contributed by atoms with Crippen molar-refractivity contribution in [2.24, 2.45) is 0 Å². The van der Waals surface area contributed by atoms with E-state index >= 15 is 0 Å². The summed E-state index contributed by atoms with van der Waals surface area (Å²) < 4.78 is 5.90. The number of nitrogens with zero attached hydrogens (tertiary/aromatic N) is 5. The predicted octanol–water partition coefficient (Wildman–Crippen LogP) is 1.61. The van der Waals surface area contributed by atoms with Crippen molar-refractivity contribution in [2.75, 3.05) is 38.7 Å². The van der Waals surface area contributed by atoms with Crippen molar-refractivity contribution in [3.05, 3.63) is 47.5 Å². The minimum Gasteiger partial charge on any atom is -0.376 e. The van der Waals surface area contributed by atoms with Crippen molar-refractivity contribution in [3.8, 4) is 0 Å². The smallest absolute Gasteiger partial charge is 0.225 e. The molecule has 24 heavy (non-hydrogen) atoms. The quantitative estimate of drug-likeness (QED) is 0.855. The minimum atomic E-state index is -0.0104. The molecular weight excluding hydrogens is 302 g/mol. The number of ether oxygens (including phenoxy) is 1. The third-order valence-electron chi connectivity index (χ3n) is 4.95. The monoisotopic (exact) mass is 325 g/mol. The lowest BCUT2D eigenvalue weighted by atomic mass is 9.80. The molecule has 2 aromatic rings. The summed E-state index contributed by atoms with van der Waals surface area (Å²) in [6, 6.07) is 4.13. The molecule has 1 atom stereocenters. The van der Waals surface area contributed by atoms with Gasteiger partial charge >= 0.3 is 0 Å². The SMILES string of the molecule is CN(C)c1ncc2c(n1)[C@]1(CCN(Cc3cccnc3)C1)COC2. The molecule has 1 saturated heterocycles. The lowest BCUT2D eigenvalue weighted by Gasteiger charge is -2.34. The van der Waals surface area contributed by atoms with E-state index in [4.69, 9.17) is 9.72 Å². The molecule has 4 rings (SSSR count). The molecule has 0 aromatic carbocycles. The summed E-state index contributed by atoms with van der Waals surface area (Å²) in [7, 11) is 3.97. The van der Waals surface area contributed by atoms with Crippen LogP contribution in [0.2, 0.25) is 0 Å². The van der Waals surface area contributed by atoms with Gasteiger partial charge in [-0.3, -0.25) is 9.88 Å². The maximum absolute atomic E-state index is 5.90. The van der Waals surface area contributed by atoms with Crippen LogP contribution in [-0.4, -0.2) is 53.6 Å². The van der Waals surface area contributed by atoms with Gasteiger partial charge in [-0.25, -0.2) is 9.97 Å². The highest BCUT2D eigenvalue weighted by molar-refractivity contribution is 5.37. The molecule has 0 unspecified atom stereocenters. The first-order valence-electron chi connectivity index (χ1n) is 8.39. The van der Waals surface area contributed by atoms with E-state index in [0.717, 1.165) is 44.2 Å². The average Bonchev–Trinajstić information content (AvgIpc) is 2.99. The summed E-state index contributed by atoms with van der Waals surface area (Å²) in [4.78, 5) is 18.0. The van der Waals surface area contributed by atoms with Gasteiger partial charge in [-0.15, -0.1) is 0 Å². The van der Waals surface area contributed by atoms with E-state index in [9.17, 15) is 0 Å². The number of hydrogen-bond donors (Lipinski definition) is 0. The van der Waals surface area contributed by atoms with Crippen molar-refractivity contribution in [1.82, 2.24) is 19.9 Å². The van der Waals surface area contributed by atoms with Crippen LogP contribution in [0.5, 0.6) is 0 Å². The van der Waals surface area contributed by atoms with Crippen molar-refractivity contribution in [1.29, 1.82) is 0 Å². The molecule has 6 heteroatoms. The maximum atomic E-state index is 5.90. The molecule has 1 fully saturated rings. The number of anilines is 1. The van der Waals surface area contributed by atoms with Crippen molar-refractivity contribution >= 4 is 5.95 Å². The van der Waals surface area contributed by atoms with Gasteiger partial charge in [0.2, 0.25) is 5.95 Å². The van der Waals surface area contributed by atoms with Crippen LogP contribution >= 0.6 is 0 Å². The molecule has 0 bridgehead atoms. The first-order chi connectivity index (χ1) is 11.7. The molecule has 0 radical (unpaired) electrons. The fraction of sp³-hybridized carbons (Fsp3) is 0.500. The highest BCUT2D eigenvalue weighted by Crippen LogP contribution is 2.39. The Kier molecular flexibility index (Phi) is 3.94. The zero-order valence-electron chi connectivity index (χ0n) is 14.3. The number of pyridine rings is 1. The Balaban J connectivity index is 1.60. The molecular formula is C18H23N5O. The number of aromatic nitrogens is 3. The van der Waals surface area contributed by atoms with E-state index in [0.29, 0.717) is 6.61 Å². The topological polar surface area (TPSA) is 54.4 Å². The van der Waals surface area contributed by atoms with Crippen LogP contribution in [0.1, 0.15) is 23.2 Å². The highest BCUT2D eigenvalue weighted by atomic mass is 16.5. The van der Waals surface area contributed by atoms with Crippen LogP contribution < -0.4 is 4.90 Å². The molecule has 0 saturated carbocycles. The Morgan fingerprint density at radius 3 is 3.04 bits per heavy atom. The lowest BCUT2D eigenvalue weighted by Crippen LogP contribution is -2.40. The highest BCUT2D eigenvalue weighted by Gasteiger charge is 2.44. The standard InChI is InChI=1S/C18H23N5O/c1-22(2)17-20-9-15-11-24-13-18(16(15)21-17)5-7-23(12-18)10-14-4-3-6-19-8-14/h3-4,6,8-9H,5,7,10-13H2,1-2H3/t18-/m0/s1. The molecule has 1 spiro atoms. The van der Waals surface area contributed by atoms with Crippen LogP contribution in [0.15, 0.2) is 30.7 Å². The summed E-state index contributed by atoms with van der Waals surface area (Å²) in [5, 5.41) is 0. The van der Waals surface area contributed by atoms with E-state index < -0.39 is 0 Å². The van der Waals surface area contributed by atoms with Gasteiger partial charge in [-0.05, 0) is 24.6 Å². The largest absolute Gasteiger partial charge is 0.376 e. The normalized spacial score (nSPS) is 23.4. The second-order valence-electron chi connectivity index (χ2n) is 7.03. The first-order valence-corrected chi connectivity index (χ1v) is 8.39. The van der Waals surface area contributed by atoms with Gasteiger partial charge in [-0.1, -0.05) is 6.07 Å². The van der Waals surface area contributed by atoms with Gasteiger partial charge in [0.15, 0.2) is 0 Å². The van der Waals surface area contributed by atoms with Gasteiger partial charge in [0.1, 0.15) is 0 Å². The number of hydrogen-bond acceptors (Lipinski definition) is 6. The second-order valence-corrected chi connectivity index (χ2v) is 7.03. The summed E-state index contributed by atoms with van der Waals surface area (Å²) >= 11 is 0. The Hall–Kier alpha value is -2.05.